The van der Waals surface area contributed by atoms with Gasteiger partial charge in [0.2, 0.25) is 5.78 Å². The summed E-state index contributed by atoms with van der Waals surface area (Å²) in [6.45, 7) is 1.80. The number of aromatic nitrogens is 2. The van der Waals surface area contributed by atoms with E-state index in [1.807, 2.05) is 6.20 Å². The Bertz CT molecular complexity index is 3070. The number of aromatic amines is 1. The predicted octanol–water partition coefficient (Wildman–Crippen LogP) is 6.64. The van der Waals surface area contributed by atoms with Crippen molar-refractivity contribution in [3.05, 3.63) is 99.0 Å². The molecule has 2 aromatic carbocycles. The van der Waals surface area contributed by atoms with Crippen molar-refractivity contribution in [2.75, 3.05) is 11.9 Å². The van der Waals surface area contributed by atoms with Crippen LogP contribution in [0.3, 0.4) is 0 Å². The van der Waals surface area contributed by atoms with Crippen LogP contribution in [-0.2, 0) is 4.74 Å². The number of ether oxygens (including phenoxy) is 2. The number of rotatable bonds is 0. The number of aryl methyl sites for hydroxylation is 1. The molecule has 4 aliphatic heterocycles. The zero-order valence-electron chi connectivity index (χ0n) is 38.1. The number of aliphatic hydroxyl groups is 5. The smallest absolute Gasteiger partial charge is 0.261 e. The molecule has 12 unspecified atom stereocenters. The number of H-pyrrole nitrogens is 1. The lowest BCUT2D eigenvalue weighted by Crippen LogP contribution is -2.80. The summed E-state index contributed by atoms with van der Waals surface area (Å²) in [6, 6.07) is 8.38. The molecule has 352 valence electrons. The van der Waals surface area contributed by atoms with E-state index in [-0.39, 0.29) is 68.9 Å². The van der Waals surface area contributed by atoms with E-state index in [9.17, 15) is 30.6 Å². The van der Waals surface area contributed by atoms with E-state index in [0.29, 0.717) is 46.1 Å². The van der Waals surface area contributed by atoms with E-state index in [0.717, 1.165) is 93.9 Å². The Labute approximate surface area is 392 Å². The van der Waals surface area contributed by atoms with E-state index < -0.39 is 64.3 Å². The largest absolute Gasteiger partial charge is 0.507 e. The van der Waals surface area contributed by atoms with Crippen molar-refractivity contribution in [3.8, 4) is 11.5 Å². The SMILES string of the molecule is Cc1cc(O)c2c(c1)C(=O)c1c(c3cc4c(nccc14)NCC(O)C14C5=C6C7=CC8(O3)OC6(C(O)C(O)C8O)C(O)C3(CCC6(CCCC6)C3)C5CCC1C1(CCCC1)CC4c1cc[nH]c17)C2=O. The first-order chi connectivity index (χ1) is 32.7. The van der Waals surface area contributed by atoms with Crippen molar-refractivity contribution >= 4 is 33.7 Å². The number of fused-ring (bicyclic) bond motifs is 9. The van der Waals surface area contributed by atoms with Crippen LogP contribution in [0.1, 0.15) is 144 Å². The number of aromatic hydroxyl groups is 1. The molecule has 13 nitrogen and oxygen atoms in total. The standard InChI is InChI=1S/C55H57N3O10/c1-25-18-29-37(33(59)19-25)44(62)39-34-20-28-26(38(39)43(29)61)8-17-57-48(28)58-23-36(60)54-32-22-51(12-4-5-13-51)35(54)7-6-31-41(54)40-30(42-27(32)9-16-56-42)21-53(67-34)46(64)45(63)47(65)55(40,68-53)49(66)52(31)15-14-50(24-52)10-2-3-11-50/h8-9,16-21,31-32,35-36,45-47,49,56,59-60,63-66H,2-7,10-15,22-24H2,1H3,(H,57,58). The quantitative estimate of drug-likeness (QED) is 0.0822. The first-order valence-corrected chi connectivity index (χ1v) is 25.3. The number of phenols is 1. The van der Waals surface area contributed by atoms with Gasteiger partial charge in [0.15, 0.2) is 17.5 Å². The zero-order chi connectivity index (χ0) is 46.2. The molecule has 8 N–H and O–H groups in total. The number of hydrogen-bond acceptors (Lipinski definition) is 12. The zero-order valence-corrected chi connectivity index (χ0v) is 38.1. The van der Waals surface area contributed by atoms with Gasteiger partial charge in [0.25, 0.3) is 5.79 Å². The molecule has 5 saturated carbocycles. The molecular formula is C55H57N3O10. The summed E-state index contributed by atoms with van der Waals surface area (Å²) in [5, 5.41) is 82.3. The van der Waals surface area contributed by atoms with Gasteiger partial charge in [0.1, 0.15) is 29.5 Å². The highest BCUT2D eigenvalue weighted by molar-refractivity contribution is 6.34. The Balaban J connectivity index is 1.09. The number of anilines is 1. The van der Waals surface area contributed by atoms with Crippen LogP contribution in [0.15, 0.2) is 59.9 Å². The fourth-order valence-electron chi connectivity index (χ4n) is 18.6. The number of phenolic OH excluding ortho intramolecular Hbond substituents is 1. The number of hydrogen-bond donors (Lipinski definition) is 8. The maximum absolute atomic E-state index is 15.1. The van der Waals surface area contributed by atoms with Crippen molar-refractivity contribution in [1.29, 1.82) is 0 Å². The molecule has 6 spiro atoms. The van der Waals surface area contributed by atoms with Crippen LogP contribution >= 0.6 is 0 Å². The van der Waals surface area contributed by atoms with E-state index in [1.165, 1.54) is 6.07 Å². The molecule has 12 atom stereocenters. The van der Waals surface area contributed by atoms with Gasteiger partial charge in [-0.1, -0.05) is 25.7 Å². The normalized spacial score (nSPS) is 40.4. The van der Waals surface area contributed by atoms with E-state index in [2.05, 4.69) is 16.4 Å². The molecule has 6 heterocycles. The predicted molar refractivity (Wildman–Crippen MR) is 247 cm³/mol. The number of carbonyl (C=O) groups excluding carboxylic acids is 2. The number of nitrogens with zero attached hydrogens (tertiary/aromatic N) is 1. The molecule has 8 aliphatic carbocycles. The summed E-state index contributed by atoms with van der Waals surface area (Å²) < 4.78 is 14.7. The minimum Gasteiger partial charge on any atom is -0.507 e. The summed E-state index contributed by atoms with van der Waals surface area (Å²) in [5.41, 5.74) is 0.164. The highest BCUT2D eigenvalue weighted by Gasteiger charge is 2.81. The fourth-order valence-corrected chi connectivity index (χ4v) is 18.6. The van der Waals surface area contributed by atoms with Crippen LogP contribution in [-0.4, -0.2) is 101 Å². The second-order valence-electron chi connectivity index (χ2n) is 23.4. The molecule has 13 heteroatoms. The Morgan fingerprint density at radius 2 is 1.62 bits per heavy atom. The van der Waals surface area contributed by atoms with Gasteiger partial charge in [-0.25, -0.2) is 4.98 Å². The maximum atomic E-state index is 15.1. The molecule has 68 heavy (non-hydrogen) atoms. The number of aliphatic hydroxyl groups excluding tert-OH is 5. The molecule has 0 radical (unpaired) electrons. The molecule has 2 aromatic heterocycles. The number of pyridine rings is 1. The monoisotopic (exact) mass is 919 g/mol. The summed E-state index contributed by atoms with van der Waals surface area (Å²) in [7, 11) is 0. The van der Waals surface area contributed by atoms with Crippen molar-refractivity contribution < 1.29 is 49.7 Å². The Morgan fingerprint density at radius 1 is 0.824 bits per heavy atom. The Morgan fingerprint density at radius 3 is 2.43 bits per heavy atom. The van der Waals surface area contributed by atoms with Gasteiger partial charge in [-0.3, -0.25) is 9.59 Å². The van der Waals surface area contributed by atoms with E-state index in [4.69, 9.17) is 14.5 Å². The van der Waals surface area contributed by atoms with Crippen LogP contribution in [0.25, 0.3) is 16.3 Å². The third kappa shape index (κ3) is 4.44. The maximum Gasteiger partial charge on any atom is 0.261 e. The average molecular weight is 920 g/mol. The molecule has 12 aliphatic rings. The first-order valence-electron chi connectivity index (χ1n) is 25.3. The van der Waals surface area contributed by atoms with Crippen LogP contribution < -0.4 is 10.1 Å². The lowest BCUT2D eigenvalue weighted by Gasteiger charge is -2.68. The lowest BCUT2D eigenvalue weighted by atomic mass is 9.42. The molecule has 0 amide bonds. The lowest BCUT2D eigenvalue weighted by molar-refractivity contribution is -0.369. The molecule has 4 aromatic rings. The van der Waals surface area contributed by atoms with E-state index >= 15 is 9.59 Å². The van der Waals surface area contributed by atoms with Gasteiger partial charge >= 0.3 is 0 Å². The molecule has 16 rings (SSSR count). The third-order valence-corrected chi connectivity index (χ3v) is 20.8. The van der Waals surface area contributed by atoms with Gasteiger partial charge in [0.05, 0.1) is 23.3 Å². The van der Waals surface area contributed by atoms with Crippen molar-refractivity contribution in [2.24, 2.45) is 33.5 Å². The summed E-state index contributed by atoms with van der Waals surface area (Å²) in [6.07, 6.45) is 10.3. The van der Waals surface area contributed by atoms with Crippen molar-refractivity contribution in [2.45, 2.75) is 145 Å². The van der Waals surface area contributed by atoms with Crippen LogP contribution in [0.2, 0.25) is 0 Å². The third-order valence-electron chi connectivity index (χ3n) is 20.8. The molecule has 1 saturated heterocycles. The second kappa shape index (κ2) is 12.9. The number of ketones is 2. The summed E-state index contributed by atoms with van der Waals surface area (Å²) in [5.74, 6) is -4.16. The Hall–Kier alpha value is -4.89. The minimum absolute atomic E-state index is 0.00576. The number of nitrogens with one attached hydrogen (secondary N) is 2. The molecule has 8 bridgehead atoms. The van der Waals surface area contributed by atoms with Crippen LogP contribution in [0.4, 0.5) is 5.82 Å². The average Bonchev–Trinajstić information content (AvgIpc) is 4.19. The molecule has 6 fully saturated rings. The van der Waals surface area contributed by atoms with Crippen LogP contribution in [0.5, 0.6) is 11.5 Å². The van der Waals surface area contributed by atoms with Gasteiger partial charge in [0, 0.05) is 57.5 Å². The second-order valence-corrected chi connectivity index (χ2v) is 23.4. The highest BCUT2D eigenvalue weighted by atomic mass is 16.7. The fraction of sp³-hybridized carbons (Fsp3) is 0.545. The first kappa shape index (κ1) is 40.9. The number of benzene rings is 2. The Kier molecular flexibility index (Phi) is 7.77. The minimum atomic E-state index is -2.38. The van der Waals surface area contributed by atoms with Gasteiger partial charge in [-0.05, 0) is 164 Å². The topological polar surface area (TPSA) is 215 Å². The molecular weight excluding hydrogens is 863 g/mol. The van der Waals surface area contributed by atoms with Gasteiger partial charge in [-0.15, -0.1) is 0 Å². The van der Waals surface area contributed by atoms with Crippen molar-refractivity contribution in [3.63, 3.8) is 0 Å². The summed E-state index contributed by atoms with van der Waals surface area (Å²) in [4.78, 5) is 38.6. The van der Waals surface area contributed by atoms with E-state index in [1.54, 1.807) is 37.4 Å². The van der Waals surface area contributed by atoms with Gasteiger partial charge in [-0.2, -0.15) is 0 Å². The highest BCUT2D eigenvalue weighted by Crippen LogP contribution is 2.81. The van der Waals surface area contributed by atoms with Crippen LogP contribution in [0, 0.1) is 40.4 Å². The van der Waals surface area contributed by atoms with Gasteiger partial charge < -0.3 is 50.4 Å². The summed E-state index contributed by atoms with van der Waals surface area (Å²) >= 11 is 0. The number of carbonyl (C=O) groups is 2. The van der Waals surface area contributed by atoms with Crippen molar-refractivity contribution in [1.82, 2.24) is 9.97 Å².